The topological polar surface area (TPSA) is 42.4 Å². The van der Waals surface area contributed by atoms with Gasteiger partial charge in [-0.15, -0.1) is 11.3 Å². The molecule has 0 saturated heterocycles. The molecule has 0 bridgehead atoms. The Morgan fingerprint density at radius 1 is 0.700 bits per heavy atom. The van der Waals surface area contributed by atoms with Crippen molar-refractivity contribution in [2.75, 3.05) is 0 Å². The van der Waals surface area contributed by atoms with E-state index in [1.807, 2.05) is 25.2 Å². The summed E-state index contributed by atoms with van der Waals surface area (Å²) in [5, 5.41) is 12.8. The Labute approximate surface area is 240 Å². The molecule has 5 heteroatoms. The Bertz CT molecular complexity index is 1790. The minimum atomic E-state index is -0.948. The van der Waals surface area contributed by atoms with Crippen molar-refractivity contribution in [3.8, 4) is 32.8 Å². The minimum Gasteiger partial charge on any atom is -0.427 e. The first-order valence-corrected chi connectivity index (χ1v) is 14.5. The SMILES string of the molecule is CC(C)(O)C(C)(C)OBc1ccc(-c2nc3ccccc3c3sc(-c4ccccc4)c(-c4ccccc4)c23)cc1. The first-order valence-electron chi connectivity index (χ1n) is 13.6. The van der Waals surface area contributed by atoms with Crippen molar-refractivity contribution in [2.45, 2.75) is 38.9 Å². The molecule has 0 unspecified atom stereocenters. The van der Waals surface area contributed by atoms with Gasteiger partial charge in [0.1, 0.15) is 0 Å². The van der Waals surface area contributed by atoms with Crippen LogP contribution >= 0.6 is 11.3 Å². The maximum Gasteiger partial charge on any atom is 0.309 e. The van der Waals surface area contributed by atoms with Crippen LogP contribution in [0.2, 0.25) is 0 Å². The van der Waals surface area contributed by atoms with Crippen LogP contribution in [0.15, 0.2) is 109 Å². The van der Waals surface area contributed by atoms with E-state index in [4.69, 9.17) is 9.64 Å². The fourth-order valence-electron chi connectivity index (χ4n) is 4.87. The highest BCUT2D eigenvalue weighted by Gasteiger charge is 2.35. The molecule has 6 aromatic rings. The van der Waals surface area contributed by atoms with Crippen LogP contribution in [0.4, 0.5) is 0 Å². The number of rotatable bonds is 7. The molecule has 2 heterocycles. The molecule has 0 aliphatic carbocycles. The van der Waals surface area contributed by atoms with Crippen LogP contribution in [0, 0.1) is 0 Å². The van der Waals surface area contributed by atoms with E-state index in [-0.39, 0.29) is 0 Å². The molecule has 0 atom stereocenters. The number of aliphatic hydroxyl groups is 1. The van der Waals surface area contributed by atoms with Crippen molar-refractivity contribution >= 4 is 45.3 Å². The standard InChI is InChI=1S/C35H32BNO2S/c1-34(2,38)35(3,4)39-36-26-21-19-24(20-22-26)31-30-29(23-13-7-5-8-14-23)32(25-15-9-6-10-16-25)40-33(30)27-17-11-12-18-28(27)37-31/h5-22,36,38H,1-4H3. The third-order valence-electron chi connectivity index (χ3n) is 7.92. The number of benzene rings is 4. The lowest BCUT2D eigenvalue weighted by Gasteiger charge is -2.37. The Morgan fingerprint density at radius 2 is 1.30 bits per heavy atom. The van der Waals surface area contributed by atoms with E-state index in [1.54, 1.807) is 13.8 Å². The largest absolute Gasteiger partial charge is 0.427 e. The number of thiophene rings is 1. The van der Waals surface area contributed by atoms with Crippen LogP contribution < -0.4 is 5.46 Å². The highest BCUT2D eigenvalue weighted by molar-refractivity contribution is 7.24. The molecule has 198 valence electrons. The van der Waals surface area contributed by atoms with Crippen molar-refractivity contribution in [1.82, 2.24) is 4.98 Å². The highest BCUT2D eigenvalue weighted by Crippen LogP contribution is 2.49. The minimum absolute atomic E-state index is 0.420. The monoisotopic (exact) mass is 541 g/mol. The van der Waals surface area contributed by atoms with Gasteiger partial charge in [0.2, 0.25) is 0 Å². The number of para-hydroxylation sites is 1. The summed E-state index contributed by atoms with van der Waals surface area (Å²) in [6.45, 7) is 7.40. The first kappa shape index (κ1) is 26.5. The van der Waals surface area contributed by atoms with E-state index in [1.165, 1.54) is 37.0 Å². The van der Waals surface area contributed by atoms with Crippen LogP contribution in [0.1, 0.15) is 27.7 Å². The van der Waals surface area contributed by atoms with Gasteiger partial charge in [0.25, 0.3) is 0 Å². The van der Waals surface area contributed by atoms with Gasteiger partial charge < -0.3 is 9.76 Å². The van der Waals surface area contributed by atoms with E-state index < -0.39 is 11.2 Å². The van der Waals surface area contributed by atoms with Gasteiger partial charge in [0, 0.05) is 31.5 Å². The van der Waals surface area contributed by atoms with Gasteiger partial charge in [-0.2, -0.15) is 0 Å². The van der Waals surface area contributed by atoms with Crippen LogP contribution in [-0.2, 0) is 4.65 Å². The second-order valence-electron chi connectivity index (χ2n) is 11.3. The summed E-state index contributed by atoms with van der Waals surface area (Å²) in [5.41, 5.74) is 6.08. The van der Waals surface area contributed by atoms with Crippen LogP contribution in [0.25, 0.3) is 53.8 Å². The number of pyridine rings is 1. The summed E-state index contributed by atoms with van der Waals surface area (Å²) in [5.74, 6) is 0. The number of aromatic nitrogens is 1. The van der Waals surface area contributed by atoms with Gasteiger partial charge in [-0.3, -0.25) is 0 Å². The van der Waals surface area contributed by atoms with E-state index in [0.717, 1.165) is 22.2 Å². The van der Waals surface area contributed by atoms with Gasteiger partial charge in [0.05, 0.1) is 22.4 Å². The van der Waals surface area contributed by atoms with Crippen LogP contribution in [0.5, 0.6) is 0 Å². The fourth-order valence-corrected chi connectivity index (χ4v) is 6.23. The lowest BCUT2D eigenvalue weighted by molar-refractivity contribution is -0.0893. The second-order valence-corrected chi connectivity index (χ2v) is 12.3. The summed E-state index contributed by atoms with van der Waals surface area (Å²) in [7, 11) is 0.420. The maximum absolute atomic E-state index is 10.5. The van der Waals surface area contributed by atoms with Crippen LogP contribution in [0.3, 0.4) is 0 Å². The van der Waals surface area contributed by atoms with Crippen LogP contribution in [-0.4, -0.2) is 28.8 Å². The predicted octanol–water partition coefficient (Wildman–Crippen LogP) is 7.99. The molecule has 0 aliphatic heterocycles. The molecular weight excluding hydrogens is 509 g/mol. The Morgan fingerprint density at radius 3 is 1.95 bits per heavy atom. The molecular formula is C35H32BNO2S. The molecule has 3 nitrogen and oxygen atoms in total. The molecule has 0 aliphatic rings. The molecule has 40 heavy (non-hydrogen) atoms. The normalized spacial score (nSPS) is 12.2. The van der Waals surface area contributed by atoms with Crippen molar-refractivity contribution < 1.29 is 9.76 Å². The quantitative estimate of drug-likeness (QED) is 0.208. The average Bonchev–Trinajstić information content (AvgIpc) is 3.37. The molecule has 0 fully saturated rings. The van der Waals surface area contributed by atoms with Gasteiger partial charge in [0.15, 0.2) is 0 Å². The van der Waals surface area contributed by atoms with E-state index in [0.29, 0.717) is 7.48 Å². The molecule has 2 aromatic heterocycles. The zero-order chi connectivity index (χ0) is 27.9. The third-order valence-corrected chi connectivity index (χ3v) is 9.20. The molecule has 1 N–H and O–H groups in total. The summed E-state index contributed by atoms with van der Waals surface area (Å²) in [6, 6.07) is 38.2. The smallest absolute Gasteiger partial charge is 0.309 e. The van der Waals surface area contributed by atoms with E-state index >= 15 is 0 Å². The number of hydrogen-bond acceptors (Lipinski definition) is 4. The average molecular weight is 542 g/mol. The fraction of sp³-hybridized carbons (Fsp3) is 0.171. The van der Waals surface area contributed by atoms with Gasteiger partial charge in [-0.05, 0) is 44.9 Å². The van der Waals surface area contributed by atoms with E-state index in [9.17, 15) is 5.11 Å². The summed E-state index contributed by atoms with van der Waals surface area (Å²) in [4.78, 5) is 6.51. The van der Waals surface area contributed by atoms with Gasteiger partial charge in [-0.25, -0.2) is 4.98 Å². The molecule has 0 saturated carbocycles. The third kappa shape index (κ3) is 4.86. The van der Waals surface area contributed by atoms with Gasteiger partial charge in [-0.1, -0.05) is 109 Å². The molecule has 0 spiro atoms. The zero-order valence-corrected chi connectivity index (χ0v) is 24.1. The van der Waals surface area contributed by atoms with Crippen molar-refractivity contribution in [2.24, 2.45) is 0 Å². The highest BCUT2D eigenvalue weighted by atomic mass is 32.1. The Hall–Kier alpha value is -3.77. The summed E-state index contributed by atoms with van der Waals surface area (Å²) in [6.07, 6.45) is 0. The van der Waals surface area contributed by atoms with Crippen molar-refractivity contribution in [3.63, 3.8) is 0 Å². The van der Waals surface area contributed by atoms with Crippen molar-refractivity contribution in [1.29, 1.82) is 0 Å². The molecule has 6 rings (SSSR count). The predicted molar refractivity (Wildman–Crippen MR) is 172 cm³/mol. The number of hydrogen-bond donors (Lipinski definition) is 1. The molecule has 0 amide bonds. The van der Waals surface area contributed by atoms with Crippen molar-refractivity contribution in [3.05, 3.63) is 109 Å². The van der Waals surface area contributed by atoms with E-state index in [2.05, 4.69) is 109 Å². The number of fused-ring (bicyclic) bond motifs is 3. The Balaban J connectivity index is 1.54. The zero-order valence-electron chi connectivity index (χ0n) is 23.3. The molecule has 4 aromatic carbocycles. The summed E-state index contributed by atoms with van der Waals surface area (Å²) < 4.78 is 7.37. The Kier molecular flexibility index (Phi) is 6.83. The van der Waals surface area contributed by atoms with Gasteiger partial charge >= 0.3 is 7.48 Å². The number of nitrogens with zero attached hydrogens (tertiary/aromatic N) is 1. The summed E-state index contributed by atoms with van der Waals surface area (Å²) >= 11 is 1.84. The molecule has 0 radical (unpaired) electrons. The maximum atomic E-state index is 10.5. The second kappa shape index (κ2) is 10.3. The lowest BCUT2D eigenvalue weighted by atomic mass is 9.82. The lowest BCUT2D eigenvalue weighted by Crippen LogP contribution is -2.49. The first-order chi connectivity index (χ1) is 19.2.